The zero-order valence-corrected chi connectivity index (χ0v) is 31.2. The Kier molecular flexibility index (Phi) is 14.2. The minimum atomic E-state index is -1.00. The van der Waals surface area contributed by atoms with Gasteiger partial charge in [0.25, 0.3) is 5.91 Å². The van der Waals surface area contributed by atoms with E-state index in [0.29, 0.717) is 59.9 Å². The van der Waals surface area contributed by atoms with E-state index in [0.717, 1.165) is 5.56 Å². The van der Waals surface area contributed by atoms with Gasteiger partial charge in [0.15, 0.2) is 11.5 Å². The van der Waals surface area contributed by atoms with Crippen LogP contribution < -0.4 is 35.5 Å². The molecular weight excluding hydrogens is 706 g/mol. The summed E-state index contributed by atoms with van der Waals surface area (Å²) in [5.41, 5.74) is 1.96. The van der Waals surface area contributed by atoms with Crippen molar-refractivity contribution in [2.75, 3.05) is 33.9 Å². The van der Waals surface area contributed by atoms with Gasteiger partial charge in [0.05, 0.1) is 20.8 Å². The first kappa shape index (κ1) is 39.8. The van der Waals surface area contributed by atoms with Crippen LogP contribution in [0.3, 0.4) is 0 Å². The SMILES string of the molecule is COc1cc2ccc1CNC(=O)[C@H](C)NC(=O)[C@H](CCc1ccccc1)NC(=O)CN(C(=O)Cn1cccn1)CCCCNC(=O)c1ccc(OC)c(c1)O2. The minimum Gasteiger partial charge on any atom is -0.496 e. The summed E-state index contributed by atoms with van der Waals surface area (Å²) in [6.07, 6.45) is 4.91. The molecule has 2 aliphatic heterocycles. The van der Waals surface area contributed by atoms with Crippen LogP contribution in [0.4, 0.5) is 0 Å². The molecule has 0 spiro atoms. The first-order valence-corrected chi connectivity index (χ1v) is 18.1. The number of carbonyl (C=O) groups is 5. The summed E-state index contributed by atoms with van der Waals surface area (Å²) in [6, 6.07) is 19.2. The van der Waals surface area contributed by atoms with Crippen LogP contribution in [0.1, 0.15) is 47.7 Å². The standard InChI is InChI=1S/C40H47N7O8/c1-27-38(50)42-24-30-13-15-31(23-34(30)54-3)55-35-22-29(14-17-33(35)53-2)39(51)41-18-7-8-20-46(37(49)26-47-21-9-19-43-47)25-36(48)45-32(40(52)44-27)16-12-28-10-5-4-6-11-28/h4-6,9-11,13-15,17,19,21-23,27,32H,7-8,12,16,18,20,24-26H2,1-3H3,(H,41,51)(H,42,50)(H,44,52)(H,45,48)/t27-,32-/m0/s1. The van der Waals surface area contributed by atoms with Gasteiger partial charge in [-0.1, -0.05) is 30.3 Å². The molecule has 4 bridgehead atoms. The molecule has 0 saturated heterocycles. The highest BCUT2D eigenvalue weighted by atomic mass is 16.5. The summed E-state index contributed by atoms with van der Waals surface area (Å²) in [6.45, 7) is 1.76. The number of carbonyl (C=O) groups excluding carboxylic acids is 5. The van der Waals surface area contributed by atoms with Gasteiger partial charge >= 0.3 is 0 Å². The van der Waals surface area contributed by atoms with Crippen molar-refractivity contribution in [1.29, 1.82) is 0 Å². The van der Waals surface area contributed by atoms with Crippen LogP contribution in [0.5, 0.6) is 23.0 Å². The molecule has 3 aromatic carbocycles. The molecule has 1 aromatic heterocycles. The maximum absolute atomic E-state index is 13.7. The monoisotopic (exact) mass is 753 g/mol. The van der Waals surface area contributed by atoms with Crippen LogP contribution in [0, 0.1) is 0 Å². The Labute approximate surface area is 319 Å². The third-order valence-corrected chi connectivity index (χ3v) is 9.02. The number of amides is 5. The molecule has 4 aromatic rings. The lowest BCUT2D eigenvalue weighted by Gasteiger charge is -2.25. The smallest absolute Gasteiger partial charge is 0.251 e. The molecule has 15 heteroatoms. The van der Waals surface area contributed by atoms with Crippen LogP contribution in [-0.2, 0) is 38.7 Å². The zero-order valence-electron chi connectivity index (χ0n) is 31.2. The van der Waals surface area contributed by atoms with E-state index in [-0.39, 0.29) is 44.4 Å². The Morgan fingerprint density at radius 3 is 2.44 bits per heavy atom. The number of hydrogen-bond donors (Lipinski definition) is 4. The number of nitrogens with one attached hydrogen (secondary N) is 4. The predicted octanol–water partition coefficient (Wildman–Crippen LogP) is 2.98. The van der Waals surface area contributed by atoms with Gasteiger partial charge in [-0.15, -0.1) is 0 Å². The molecule has 2 atom stereocenters. The van der Waals surface area contributed by atoms with Gasteiger partial charge in [-0.2, -0.15) is 5.10 Å². The number of aryl methyl sites for hydroxylation is 1. The largest absolute Gasteiger partial charge is 0.496 e. The molecule has 0 aliphatic carbocycles. The Bertz CT molecular complexity index is 1940. The molecule has 15 nitrogen and oxygen atoms in total. The van der Waals surface area contributed by atoms with E-state index < -0.39 is 29.8 Å². The highest BCUT2D eigenvalue weighted by molar-refractivity contribution is 5.95. The first-order chi connectivity index (χ1) is 26.6. The number of benzene rings is 3. The number of ether oxygens (including phenoxy) is 3. The van der Waals surface area contributed by atoms with Crippen molar-refractivity contribution in [3.8, 4) is 23.0 Å². The Morgan fingerprint density at radius 1 is 0.891 bits per heavy atom. The van der Waals surface area contributed by atoms with E-state index >= 15 is 0 Å². The second-order valence-electron chi connectivity index (χ2n) is 13.0. The highest BCUT2D eigenvalue weighted by Gasteiger charge is 2.26. The maximum Gasteiger partial charge on any atom is 0.251 e. The van der Waals surface area contributed by atoms with Crippen molar-refractivity contribution in [2.24, 2.45) is 0 Å². The van der Waals surface area contributed by atoms with E-state index in [9.17, 15) is 24.0 Å². The fourth-order valence-corrected chi connectivity index (χ4v) is 5.97. The number of rotatable bonds is 7. The van der Waals surface area contributed by atoms with E-state index in [2.05, 4.69) is 26.4 Å². The number of methoxy groups -OCH3 is 2. The van der Waals surface area contributed by atoms with Gasteiger partial charge in [-0.3, -0.25) is 28.7 Å². The van der Waals surface area contributed by atoms with Crippen LogP contribution in [0.15, 0.2) is 85.2 Å². The van der Waals surface area contributed by atoms with Gasteiger partial charge in [0.2, 0.25) is 23.6 Å². The zero-order chi connectivity index (χ0) is 39.2. The fraction of sp³-hybridized carbons (Fsp3) is 0.350. The first-order valence-electron chi connectivity index (χ1n) is 18.1. The lowest BCUT2D eigenvalue weighted by atomic mass is 10.0. The molecule has 0 fully saturated rings. The van der Waals surface area contributed by atoms with Crippen molar-refractivity contribution >= 4 is 29.5 Å². The normalized spacial score (nSPS) is 17.7. The summed E-state index contributed by atoms with van der Waals surface area (Å²) in [7, 11) is 2.99. The molecule has 2 aliphatic rings. The van der Waals surface area contributed by atoms with Crippen LogP contribution >= 0.6 is 0 Å². The van der Waals surface area contributed by atoms with E-state index in [1.54, 1.807) is 61.8 Å². The summed E-state index contributed by atoms with van der Waals surface area (Å²) in [4.78, 5) is 68.4. The quantitative estimate of drug-likeness (QED) is 0.206. The van der Waals surface area contributed by atoms with Crippen LogP contribution in [0.25, 0.3) is 0 Å². The predicted molar refractivity (Wildman–Crippen MR) is 203 cm³/mol. The van der Waals surface area contributed by atoms with Gasteiger partial charge in [0.1, 0.15) is 30.1 Å². The van der Waals surface area contributed by atoms with Gasteiger partial charge in [-0.05, 0) is 74.6 Å². The molecule has 0 radical (unpaired) electrons. The van der Waals surface area contributed by atoms with Crippen LogP contribution in [0.2, 0.25) is 0 Å². The Morgan fingerprint density at radius 2 is 1.69 bits per heavy atom. The molecular formula is C40H47N7O8. The average molecular weight is 754 g/mol. The number of aromatic nitrogens is 2. The number of hydrogen-bond acceptors (Lipinski definition) is 9. The molecule has 290 valence electrons. The van der Waals surface area contributed by atoms with Crippen LogP contribution in [-0.4, -0.2) is 90.2 Å². The summed E-state index contributed by atoms with van der Waals surface area (Å²) in [5, 5.41) is 15.4. The second-order valence-corrected chi connectivity index (χ2v) is 13.0. The van der Waals surface area contributed by atoms with Crippen molar-refractivity contribution in [1.82, 2.24) is 35.9 Å². The average Bonchev–Trinajstić information content (AvgIpc) is 3.71. The van der Waals surface area contributed by atoms with Crippen molar-refractivity contribution < 1.29 is 38.2 Å². The van der Waals surface area contributed by atoms with E-state index in [1.807, 2.05) is 30.3 Å². The molecule has 0 unspecified atom stereocenters. The lowest BCUT2D eigenvalue weighted by Crippen LogP contribution is -2.54. The highest BCUT2D eigenvalue weighted by Crippen LogP contribution is 2.35. The van der Waals surface area contributed by atoms with Gasteiger partial charge in [-0.25, -0.2) is 0 Å². The fourth-order valence-electron chi connectivity index (χ4n) is 5.97. The molecule has 6 rings (SSSR count). The summed E-state index contributed by atoms with van der Waals surface area (Å²) >= 11 is 0. The molecule has 4 N–H and O–H groups in total. The van der Waals surface area contributed by atoms with Crippen molar-refractivity contribution in [3.63, 3.8) is 0 Å². The van der Waals surface area contributed by atoms with Crippen molar-refractivity contribution in [2.45, 2.75) is 57.8 Å². The minimum absolute atomic E-state index is 0.0814. The van der Waals surface area contributed by atoms with Gasteiger partial charge < -0.3 is 40.4 Å². The second kappa shape index (κ2) is 19.6. The lowest BCUT2D eigenvalue weighted by molar-refractivity contribution is -0.138. The van der Waals surface area contributed by atoms with Crippen molar-refractivity contribution in [3.05, 3.63) is 102 Å². The summed E-state index contributed by atoms with van der Waals surface area (Å²) < 4.78 is 18.7. The number of nitrogens with zero attached hydrogens (tertiary/aromatic N) is 3. The van der Waals surface area contributed by atoms with E-state index in [1.165, 1.54) is 23.8 Å². The molecule has 5 amide bonds. The third kappa shape index (κ3) is 11.6. The van der Waals surface area contributed by atoms with E-state index in [4.69, 9.17) is 14.2 Å². The topological polar surface area (TPSA) is 182 Å². The van der Waals surface area contributed by atoms with Gasteiger partial charge in [0, 0.05) is 49.2 Å². The molecule has 3 heterocycles. The Balaban J connectivity index is 1.38. The molecule has 0 saturated carbocycles. The summed E-state index contributed by atoms with van der Waals surface area (Å²) in [5.74, 6) is -0.644. The maximum atomic E-state index is 13.7. The molecule has 55 heavy (non-hydrogen) atoms. The number of fused-ring (bicyclic) bond motifs is 18. The third-order valence-electron chi connectivity index (χ3n) is 9.02. The Hall–Kier alpha value is -6.38.